The number of hydrogen-bond acceptors (Lipinski definition) is 9. The summed E-state index contributed by atoms with van der Waals surface area (Å²) in [6.45, 7) is 3.85. The molecular formula is C28H30O9S2. The highest BCUT2D eigenvalue weighted by molar-refractivity contribution is 7.86. The highest BCUT2D eigenvalue weighted by Crippen LogP contribution is 2.51. The van der Waals surface area contributed by atoms with Crippen molar-refractivity contribution in [2.75, 3.05) is 33.3 Å². The minimum atomic E-state index is -4.04. The average molecular weight is 575 g/mol. The second-order valence-electron chi connectivity index (χ2n) is 8.49. The van der Waals surface area contributed by atoms with Crippen molar-refractivity contribution in [1.29, 1.82) is 0 Å². The Morgan fingerprint density at radius 3 is 1.95 bits per heavy atom. The van der Waals surface area contributed by atoms with E-state index in [1.807, 2.05) is 31.2 Å². The van der Waals surface area contributed by atoms with E-state index in [1.165, 1.54) is 26.4 Å². The Morgan fingerprint density at radius 2 is 1.38 bits per heavy atom. The van der Waals surface area contributed by atoms with Crippen molar-refractivity contribution < 1.29 is 39.4 Å². The monoisotopic (exact) mass is 574 g/mol. The fourth-order valence-corrected chi connectivity index (χ4v) is 4.70. The molecule has 3 aromatic rings. The van der Waals surface area contributed by atoms with Gasteiger partial charge in [-0.25, -0.2) is 0 Å². The van der Waals surface area contributed by atoms with Crippen LogP contribution >= 0.6 is 0 Å². The molecule has 3 aromatic carbocycles. The Bertz CT molecular complexity index is 1610. The molecule has 9 nitrogen and oxygen atoms in total. The van der Waals surface area contributed by atoms with E-state index in [4.69, 9.17) is 22.6 Å². The molecule has 0 aromatic heterocycles. The van der Waals surface area contributed by atoms with Gasteiger partial charge in [-0.15, -0.1) is 11.8 Å². The van der Waals surface area contributed by atoms with Crippen LogP contribution in [0.15, 0.2) is 48.5 Å². The number of benzene rings is 3. The van der Waals surface area contributed by atoms with Crippen LogP contribution in [0, 0.1) is 18.8 Å². The first kappa shape index (κ1) is 29.7. The summed E-state index contributed by atoms with van der Waals surface area (Å²) >= 11 is 0. The van der Waals surface area contributed by atoms with Crippen LogP contribution in [-0.4, -0.2) is 50.2 Å². The van der Waals surface area contributed by atoms with Gasteiger partial charge in [0, 0.05) is 12.0 Å². The van der Waals surface area contributed by atoms with Gasteiger partial charge in [0.25, 0.3) is 0 Å². The SMILES string of the molecule is CC#CCCOc1ccc(-c2c(OC)cc(-c3ccc(C)cc3)c(OC)c2OS(C)(=O)=O)cc1OS(C)(=O)=O. The fraction of sp³-hybridized carbons (Fsp3) is 0.286. The van der Waals surface area contributed by atoms with Gasteiger partial charge in [-0.3, -0.25) is 0 Å². The largest absolute Gasteiger partial charge is 0.496 e. The van der Waals surface area contributed by atoms with E-state index in [0.29, 0.717) is 17.5 Å². The molecule has 0 fully saturated rings. The Labute approximate surface area is 229 Å². The van der Waals surface area contributed by atoms with Crippen molar-refractivity contribution in [1.82, 2.24) is 0 Å². The molecule has 208 valence electrons. The smallest absolute Gasteiger partial charge is 0.306 e. The summed E-state index contributed by atoms with van der Waals surface area (Å²) in [5, 5.41) is 0. The standard InChI is InChI=1S/C28H30O9S2/c1-7-8-9-16-35-23-15-14-21(17-24(23)36-38(5,29)30)26-25(33-3)18-22(20-12-10-19(2)11-13-20)27(34-4)28(26)37-39(6,31)32/h10-15,17-18H,9,16H2,1-6H3. The van der Waals surface area contributed by atoms with Crippen molar-refractivity contribution in [3.05, 3.63) is 54.1 Å². The third-order valence-electron chi connectivity index (χ3n) is 5.36. The van der Waals surface area contributed by atoms with E-state index < -0.39 is 20.2 Å². The predicted octanol–water partition coefficient (Wildman–Crippen LogP) is 4.82. The van der Waals surface area contributed by atoms with Crippen molar-refractivity contribution in [2.45, 2.75) is 20.3 Å². The fourth-order valence-electron chi connectivity index (χ4n) is 3.78. The lowest BCUT2D eigenvalue weighted by molar-refractivity contribution is 0.316. The summed E-state index contributed by atoms with van der Waals surface area (Å²) < 4.78 is 76.5. The number of aryl methyl sites for hydroxylation is 1. The summed E-state index contributed by atoms with van der Waals surface area (Å²) in [4.78, 5) is 0. The minimum Gasteiger partial charge on any atom is -0.496 e. The van der Waals surface area contributed by atoms with E-state index >= 15 is 0 Å². The van der Waals surface area contributed by atoms with Crippen molar-refractivity contribution >= 4 is 20.2 Å². The van der Waals surface area contributed by atoms with Crippen LogP contribution in [0.1, 0.15) is 18.9 Å². The molecule has 0 aliphatic rings. The number of ether oxygens (including phenoxy) is 3. The molecule has 0 amide bonds. The third kappa shape index (κ3) is 7.81. The molecule has 0 aliphatic carbocycles. The molecular weight excluding hydrogens is 544 g/mol. The molecule has 0 N–H and O–H groups in total. The molecule has 0 unspecified atom stereocenters. The molecule has 39 heavy (non-hydrogen) atoms. The quantitative estimate of drug-likeness (QED) is 0.181. The number of rotatable bonds is 11. The van der Waals surface area contributed by atoms with Crippen molar-refractivity contribution in [3.8, 4) is 62.8 Å². The highest BCUT2D eigenvalue weighted by atomic mass is 32.2. The maximum absolute atomic E-state index is 12.4. The van der Waals surface area contributed by atoms with E-state index in [9.17, 15) is 16.8 Å². The predicted molar refractivity (Wildman–Crippen MR) is 150 cm³/mol. The first-order valence-electron chi connectivity index (χ1n) is 11.7. The molecule has 0 radical (unpaired) electrons. The second-order valence-corrected chi connectivity index (χ2v) is 11.6. The molecule has 11 heteroatoms. The first-order valence-corrected chi connectivity index (χ1v) is 15.3. The van der Waals surface area contributed by atoms with Gasteiger partial charge in [0.15, 0.2) is 23.0 Å². The third-order valence-corrected chi connectivity index (χ3v) is 6.31. The summed E-state index contributed by atoms with van der Waals surface area (Å²) in [5.74, 6) is 5.94. The minimum absolute atomic E-state index is 0.103. The van der Waals surface area contributed by atoms with E-state index in [0.717, 1.165) is 23.6 Å². The summed E-state index contributed by atoms with van der Waals surface area (Å²) in [6.07, 6.45) is 2.24. The Balaban J connectivity index is 2.31. The number of hydrogen-bond donors (Lipinski definition) is 0. The second kappa shape index (κ2) is 12.3. The highest BCUT2D eigenvalue weighted by Gasteiger charge is 2.27. The molecule has 0 heterocycles. The zero-order valence-corrected chi connectivity index (χ0v) is 24.2. The molecule has 0 saturated heterocycles. The van der Waals surface area contributed by atoms with Crippen LogP contribution < -0.4 is 22.6 Å². The van der Waals surface area contributed by atoms with E-state index in [1.54, 1.807) is 19.1 Å². The van der Waals surface area contributed by atoms with Crippen molar-refractivity contribution in [2.24, 2.45) is 0 Å². The summed E-state index contributed by atoms with van der Waals surface area (Å²) in [7, 11) is -5.15. The van der Waals surface area contributed by atoms with Crippen LogP contribution in [0.5, 0.6) is 28.7 Å². The Morgan fingerprint density at radius 1 is 0.744 bits per heavy atom. The normalized spacial score (nSPS) is 11.2. The zero-order chi connectivity index (χ0) is 28.8. The molecule has 0 spiro atoms. The van der Waals surface area contributed by atoms with Gasteiger partial charge in [0.2, 0.25) is 0 Å². The maximum Gasteiger partial charge on any atom is 0.306 e. The molecule has 0 bridgehead atoms. The zero-order valence-electron chi connectivity index (χ0n) is 22.5. The van der Waals surface area contributed by atoms with Crippen molar-refractivity contribution in [3.63, 3.8) is 0 Å². The molecule has 0 saturated carbocycles. The van der Waals surface area contributed by atoms with Gasteiger partial charge in [0.05, 0.1) is 38.9 Å². The van der Waals surface area contributed by atoms with E-state index in [-0.39, 0.29) is 40.9 Å². The average Bonchev–Trinajstić information content (AvgIpc) is 2.85. The number of methoxy groups -OCH3 is 2. The van der Waals surface area contributed by atoms with Crippen LogP contribution in [0.3, 0.4) is 0 Å². The van der Waals surface area contributed by atoms with E-state index in [2.05, 4.69) is 11.8 Å². The van der Waals surface area contributed by atoms with Gasteiger partial charge in [0.1, 0.15) is 5.75 Å². The maximum atomic E-state index is 12.4. The molecule has 0 atom stereocenters. The van der Waals surface area contributed by atoms with Crippen LogP contribution in [0.2, 0.25) is 0 Å². The van der Waals surface area contributed by atoms with Gasteiger partial charge in [-0.1, -0.05) is 35.9 Å². The van der Waals surface area contributed by atoms with Crippen LogP contribution in [0.4, 0.5) is 0 Å². The summed E-state index contributed by atoms with van der Waals surface area (Å²) in [5.41, 5.74) is 2.84. The Hall–Kier alpha value is -3.88. The summed E-state index contributed by atoms with van der Waals surface area (Å²) in [6, 6.07) is 13.8. The Kier molecular flexibility index (Phi) is 9.37. The van der Waals surface area contributed by atoms with Crippen LogP contribution in [0.25, 0.3) is 22.3 Å². The lowest BCUT2D eigenvalue weighted by atomic mass is 9.96. The van der Waals surface area contributed by atoms with Gasteiger partial charge in [-0.2, -0.15) is 16.8 Å². The lowest BCUT2D eigenvalue weighted by Crippen LogP contribution is -2.10. The van der Waals surface area contributed by atoms with Crippen LogP contribution in [-0.2, 0) is 20.2 Å². The van der Waals surface area contributed by atoms with Gasteiger partial charge < -0.3 is 22.6 Å². The first-order chi connectivity index (χ1) is 18.4. The molecule has 0 aliphatic heterocycles. The van der Waals surface area contributed by atoms with Gasteiger partial charge in [-0.05, 0) is 43.2 Å². The molecule has 3 rings (SSSR count). The topological polar surface area (TPSA) is 114 Å². The van der Waals surface area contributed by atoms with Gasteiger partial charge >= 0.3 is 20.2 Å². The lowest BCUT2D eigenvalue weighted by Gasteiger charge is -2.21.